The summed E-state index contributed by atoms with van der Waals surface area (Å²) < 4.78 is 5.29. The highest BCUT2D eigenvalue weighted by Gasteiger charge is 2.08. The standard InChI is InChI=1S/C17H23N7OS.HI/c1-11-12(2)26-15(21-11)7-9-20-17(18-3)19-8-6-14-22-16(24-23-14)13-5-4-10-25-13;/h4-5,10H,6-9H2,1-3H3,(H2,18,19,20)(H,22,23,24);1H. The number of thiazole rings is 1. The molecule has 0 spiro atoms. The Morgan fingerprint density at radius 1 is 1.22 bits per heavy atom. The molecule has 0 radical (unpaired) electrons. The number of rotatable bonds is 7. The quantitative estimate of drug-likeness (QED) is 0.261. The van der Waals surface area contributed by atoms with E-state index in [9.17, 15) is 0 Å². The van der Waals surface area contributed by atoms with Crippen LogP contribution >= 0.6 is 35.3 Å². The van der Waals surface area contributed by atoms with Crippen LogP contribution in [-0.4, -0.2) is 46.3 Å². The lowest BCUT2D eigenvalue weighted by atomic mass is 10.4. The van der Waals surface area contributed by atoms with Gasteiger partial charge in [0, 0.05) is 37.9 Å². The van der Waals surface area contributed by atoms with E-state index in [0.29, 0.717) is 24.6 Å². The first-order chi connectivity index (χ1) is 12.7. The molecule has 0 aromatic carbocycles. The highest BCUT2D eigenvalue weighted by atomic mass is 127. The molecule has 0 fully saturated rings. The molecule has 0 aliphatic carbocycles. The number of furan rings is 1. The Bertz CT molecular complexity index is 837. The van der Waals surface area contributed by atoms with Crippen molar-refractivity contribution < 1.29 is 4.42 Å². The summed E-state index contributed by atoms with van der Waals surface area (Å²) in [6.45, 7) is 5.63. The summed E-state index contributed by atoms with van der Waals surface area (Å²) >= 11 is 1.75. The zero-order chi connectivity index (χ0) is 18.4. The number of hydrogen-bond acceptors (Lipinski definition) is 6. The first-order valence-corrected chi connectivity index (χ1v) is 9.30. The predicted molar refractivity (Wildman–Crippen MR) is 118 cm³/mol. The molecule has 0 amide bonds. The molecule has 3 aromatic rings. The van der Waals surface area contributed by atoms with Crippen LogP contribution in [0.15, 0.2) is 27.8 Å². The van der Waals surface area contributed by atoms with Gasteiger partial charge in [0.1, 0.15) is 5.82 Å². The van der Waals surface area contributed by atoms with Crippen molar-refractivity contribution in [3.63, 3.8) is 0 Å². The fraction of sp³-hybridized carbons (Fsp3) is 0.412. The molecule has 0 saturated carbocycles. The van der Waals surface area contributed by atoms with Crippen LogP contribution in [-0.2, 0) is 12.8 Å². The van der Waals surface area contributed by atoms with Gasteiger partial charge in [0.2, 0.25) is 5.82 Å². The smallest absolute Gasteiger partial charge is 0.216 e. The maximum Gasteiger partial charge on any atom is 0.216 e. The van der Waals surface area contributed by atoms with Gasteiger partial charge in [-0.25, -0.2) is 9.97 Å². The number of aromatic nitrogens is 4. The van der Waals surface area contributed by atoms with Crippen molar-refractivity contribution in [1.82, 2.24) is 30.8 Å². The lowest BCUT2D eigenvalue weighted by Gasteiger charge is -2.10. The SMILES string of the molecule is CN=C(NCCc1nc(-c2ccco2)n[nH]1)NCCc1nc(C)c(C)s1.I. The van der Waals surface area contributed by atoms with Crippen molar-refractivity contribution in [1.29, 1.82) is 0 Å². The summed E-state index contributed by atoms with van der Waals surface area (Å²) in [4.78, 5) is 14.5. The first-order valence-electron chi connectivity index (χ1n) is 8.48. The molecule has 27 heavy (non-hydrogen) atoms. The number of H-pyrrole nitrogens is 1. The van der Waals surface area contributed by atoms with Crippen LogP contribution in [0.4, 0.5) is 0 Å². The number of aromatic amines is 1. The molecular formula is C17H24IN7OS. The van der Waals surface area contributed by atoms with Gasteiger partial charge < -0.3 is 15.1 Å². The largest absolute Gasteiger partial charge is 0.461 e. The van der Waals surface area contributed by atoms with Gasteiger partial charge in [-0.15, -0.1) is 35.3 Å². The Kier molecular flexibility index (Phi) is 8.23. The molecule has 0 unspecified atom stereocenters. The highest BCUT2D eigenvalue weighted by Crippen LogP contribution is 2.16. The number of guanidine groups is 1. The Hall–Kier alpha value is -1.95. The average molecular weight is 501 g/mol. The van der Waals surface area contributed by atoms with Crippen molar-refractivity contribution in [3.8, 4) is 11.6 Å². The average Bonchev–Trinajstić information content (AvgIpc) is 3.36. The molecule has 8 nitrogen and oxygen atoms in total. The third kappa shape index (κ3) is 6.03. The molecule has 3 heterocycles. The predicted octanol–water partition coefficient (Wildman–Crippen LogP) is 2.71. The summed E-state index contributed by atoms with van der Waals surface area (Å²) in [5.41, 5.74) is 1.12. The van der Waals surface area contributed by atoms with E-state index in [1.807, 2.05) is 19.1 Å². The van der Waals surface area contributed by atoms with Gasteiger partial charge in [-0.1, -0.05) is 0 Å². The van der Waals surface area contributed by atoms with Crippen molar-refractivity contribution in [3.05, 3.63) is 39.8 Å². The molecule has 0 aliphatic heterocycles. The third-order valence-electron chi connectivity index (χ3n) is 3.86. The minimum Gasteiger partial charge on any atom is -0.461 e. The number of aliphatic imine (C=N–C) groups is 1. The lowest BCUT2D eigenvalue weighted by Crippen LogP contribution is -2.39. The van der Waals surface area contributed by atoms with E-state index in [0.717, 1.165) is 35.5 Å². The van der Waals surface area contributed by atoms with Crippen LogP contribution in [0.5, 0.6) is 0 Å². The van der Waals surface area contributed by atoms with E-state index >= 15 is 0 Å². The number of nitrogens with zero attached hydrogens (tertiary/aromatic N) is 4. The van der Waals surface area contributed by atoms with Crippen molar-refractivity contribution in [2.24, 2.45) is 4.99 Å². The van der Waals surface area contributed by atoms with E-state index in [-0.39, 0.29) is 24.0 Å². The van der Waals surface area contributed by atoms with Crippen LogP contribution in [0.2, 0.25) is 0 Å². The third-order valence-corrected chi connectivity index (χ3v) is 4.99. The molecule has 0 saturated heterocycles. The number of nitrogens with one attached hydrogen (secondary N) is 3. The molecular weight excluding hydrogens is 477 g/mol. The number of halogens is 1. The molecule has 146 valence electrons. The van der Waals surface area contributed by atoms with E-state index in [1.54, 1.807) is 24.6 Å². The second-order valence-electron chi connectivity index (χ2n) is 5.76. The molecule has 0 aliphatic rings. The minimum absolute atomic E-state index is 0. The second-order valence-corrected chi connectivity index (χ2v) is 7.05. The van der Waals surface area contributed by atoms with Gasteiger partial charge in [0.25, 0.3) is 0 Å². The van der Waals surface area contributed by atoms with E-state index in [2.05, 4.69) is 42.7 Å². The Morgan fingerprint density at radius 2 is 2.00 bits per heavy atom. The van der Waals surface area contributed by atoms with Gasteiger partial charge >= 0.3 is 0 Å². The lowest BCUT2D eigenvalue weighted by molar-refractivity contribution is 0.577. The minimum atomic E-state index is 0. The molecule has 10 heteroatoms. The topological polar surface area (TPSA) is 104 Å². The van der Waals surface area contributed by atoms with Crippen molar-refractivity contribution >= 4 is 41.3 Å². The zero-order valence-electron chi connectivity index (χ0n) is 15.6. The number of aryl methyl sites for hydroxylation is 2. The Labute approximate surface area is 179 Å². The normalized spacial score (nSPS) is 11.3. The molecule has 3 rings (SSSR count). The summed E-state index contributed by atoms with van der Waals surface area (Å²) in [6.07, 6.45) is 3.20. The highest BCUT2D eigenvalue weighted by molar-refractivity contribution is 14.0. The van der Waals surface area contributed by atoms with E-state index in [4.69, 9.17) is 4.42 Å². The fourth-order valence-electron chi connectivity index (χ4n) is 2.38. The van der Waals surface area contributed by atoms with Crippen molar-refractivity contribution in [2.45, 2.75) is 26.7 Å². The molecule has 0 atom stereocenters. The van der Waals surface area contributed by atoms with Crippen LogP contribution in [0.3, 0.4) is 0 Å². The van der Waals surface area contributed by atoms with Crippen LogP contribution in [0.1, 0.15) is 21.4 Å². The van der Waals surface area contributed by atoms with Gasteiger partial charge in [-0.3, -0.25) is 10.1 Å². The van der Waals surface area contributed by atoms with E-state index < -0.39 is 0 Å². The Morgan fingerprint density at radius 3 is 2.63 bits per heavy atom. The van der Waals surface area contributed by atoms with Crippen LogP contribution in [0.25, 0.3) is 11.6 Å². The summed E-state index contributed by atoms with van der Waals surface area (Å²) in [6, 6.07) is 3.65. The fourth-order valence-corrected chi connectivity index (χ4v) is 3.31. The molecule has 3 aromatic heterocycles. The van der Waals surface area contributed by atoms with Gasteiger partial charge in [0.15, 0.2) is 11.7 Å². The van der Waals surface area contributed by atoms with Gasteiger partial charge in [-0.2, -0.15) is 5.10 Å². The molecule has 3 N–H and O–H groups in total. The summed E-state index contributed by atoms with van der Waals surface area (Å²) in [5, 5.41) is 14.8. The number of hydrogen-bond donors (Lipinski definition) is 3. The Balaban J connectivity index is 0.00000261. The van der Waals surface area contributed by atoms with Gasteiger partial charge in [-0.05, 0) is 26.0 Å². The van der Waals surface area contributed by atoms with Crippen LogP contribution in [0, 0.1) is 13.8 Å². The van der Waals surface area contributed by atoms with Crippen molar-refractivity contribution in [2.75, 3.05) is 20.1 Å². The maximum atomic E-state index is 5.29. The summed E-state index contributed by atoms with van der Waals surface area (Å²) in [7, 11) is 1.76. The van der Waals surface area contributed by atoms with Crippen LogP contribution < -0.4 is 10.6 Å². The monoisotopic (exact) mass is 501 g/mol. The summed E-state index contributed by atoms with van der Waals surface area (Å²) in [5.74, 6) is 2.79. The maximum absolute atomic E-state index is 5.29. The van der Waals surface area contributed by atoms with E-state index in [1.165, 1.54) is 4.88 Å². The molecule has 0 bridgehead atoms. The first kappa shape index (κ1) is 21.4. The second kappa shape index (κ2) is 10.4. The zero-order valence-corrected chi connectivity index (χ0v) is 18.7. The van der Waals surface area contributed by atoms with Gasteiger partial charge in [0.05, 0.1) is 17.0 Å².